The zero-order valence-electron chi connectivity index (χ0n) is 11.9. The van der Waals surface area contributed by atoms with Crippen molar-refractivity contribution in [3.8, 4) is 12.3 Å². The summed E-state index contributed by atoms with van der Waals surface area (Å²) >= 11 is 1.89. The second-order valence-corrected chi connectivity index (χ2v) is 12.0. The lowest BCUT2D eigenvalue weighted by molar-refractivity contribution is 0.234. The molecule has 0 aliphatic carbocycles. The van der Waals surface area contributed by atoms with E-state index in [1.54, 1.807) is 0 Å². The summed E-state index contributed by atoms with van der Waals surface area (Å²) in [5.74, 6) is 4.82. The Labute approximate surface area is 112 Å². The number of hydrogen-bond donors (Lipinski definition) is 0. The Morgan fingerprint density at radius 2 is 2.00 bits per heavy atom. The van der Waals surface area contributed by atoms with Crippen molar-refractivity contribution in [1.29, 1.82) is 0 Å². The van der Waals surface area contributed by atoms with Crippen molar-refractivity contribution in [3.63, 3.8) is 0 Å². The van der Waals surface area contributed by atoms with Gasteiger partial charge in [0.15, 0.2) is 8.32 Å². The van der Waals surface area contributed by atoms with Crippen LogP contribution < -0.4 is 0 Å². The maximum absolute atomic E-state index is 6.45. The highest BCUT2D eigenvalue weighted by Crippen LogP contribution is 2.39. The van der Waals surface area contributed by atoms with Crippen LogP contribution in [0.25, 0.3) is 0 Å². The molecule has 0 unspecified atom stereocenters. The first-order valence-electron chi connectivity index (χ1n) is 6.11. The molecule has 17 heavy (non-hydrogen) atoms. The van der Waals surface area contributed by atoms with Gasteiger partial charge in [-0.15, -0.1) is 6.42 Å². The first-order chi connectivity index (χ1) is 7.69. The highest BCUT2D eigenvalue weighted by atomic mass is 32.2. The summed E-state index contributed by atoms with van der Waals surface area (Å²) in [6.45, 7) is 13.6. The first-order valence-corrected chi connectivity index (χ1v) is 10.2. The zero-order chi connectivity index (χ0) is 13.3. The zero-order valence-corrected chi connectivity index (χ0v) is 13.7. The second kappa shape index (κ2) is 5.22. The van der Waals surface area contributed by atoms with Crippen molar-refractivity contribution in [3.05, 3.63) is 11.1 Å². The van der Waals surface area contributed by atoms with Crippen LogP contribution in [0.5, 0.6) is 0 Å². The van der Waals surface area contributed by atoms with E-state index in [0.29, 0.717) is 0 Å². The summed E-state index contributed by atoms with van der Waals surface area (Å²) < 4.78 is 6.45. The largest absolute Gasteiger partial charge is 0.409 e. The Morgan fingerprint density at radius 3 is 2.47 bits per heavy atom. The van der Waals surface area contributed by atoms with Gasteiger partial charge in [0.25, 0.3) is 0 Å². The molecule has 96 valence electrons. The predicted octanol–water partition coefficient (Wildman–Crippen LogP) is 4.07. The Kier molecular flexibility index (Phi) is 4.57. The molecule has 0 aromatic heterocycles. The molecule has 0 N–H and O–H groups in total. The van der Waals surface area contributed by atoms with Crippen LogP contribution in [-0.4, -0.2) is 25.9 Å². The molecule has 0 radical (unpaired) electrons. The third kappa shape index (κ3) is 3.40. The van der Waals surface area contributed by atoms with Gasteiger partial charge in [-0.05, 0) is 30.6 Å². The lowest BCUT2D eigenvalue weighted by Crippen LogP contribution is -2.45. The summed E-state index contributed by atoms with van der Waals surface area (Å²) in [7, 11) is -1.69. The number of rotatable bonds is 2. The van der Waals surface area contributed by atoms with E-state index in [-0.39, 0.29) is 11.1 Å². The number of thioether (sulfide) groups is 1. The Balaban J connectivity index is 2.87. The molecule has 0 aromatic rings. The van der Waals surface area contributed by atoms with E-state index >= 15 is 0 Å². The van der Waals surface area contributed by atoms with E-state index in [9.17, 15) is 0 Å². The third-order valence-corrected chi connectivity index (χ3v) is 9.41. The average Bonchev–Trinajstić information content (AvgIpc) is 2.19. The van der Waals surface area contributed by atoms with Crippen LogP contribution in [0.4, 0.5) is 0 Å². The normalized spacial score (nSPS) is 22.5. The van der Waals surface area contributed by atoms with Crippen LogP contribution >= 0.6 is 11.8 Å². The number of hydrogen-bond acceptors (Lipinski definition) is 2. The van der Waals surface area contributed by atoms with Gasteiger partial charge in [-0.25, -0.2) is 0 Å². The summed E-state index contributed by atoms with van der Waals surface area (Å²) in [4.78, 5) is 0. The molecule has 0 spiro atoms. The summed E-state index contributed by atoms with van der Waals surface area (Å²) in [5.41, 5.74) is 2.40. The van der Waals surface area contributed by atoms with Gasteiger partial charge in [-0.1, -0.05) is 26.7 Å². The van der Waals surface area contributed by atoms with E-state index < -0.39 is 8.32 Å². The van der Waals surface area contributed by atoms with E-state index in [1.807, 2.05) is 11.8 Å². The monoisotopic (exact) mass is 268 g/mol. The second-order valence-electron chi connectivity index (χ2n) is 6.19. The molecular formula is C14H24OSSi. The van der Waals surface area contributed by atoms with Gasteiger partial charge in [0.2, 0.25) is 0 Å². The van der Waals surface area contributed by atoms with Crippen molar-refractivity contribution >= 4 is 20.1 Å². The molecule has 1 aliphatic heterocycles. The fraction of sp³-hybridized carbons (Fsp3) is 0.714. The standard InChI is InChI=1S/C14H24OSSi/c1-8-12-9-16-10-13(11(12)2)15-17(6,7)14(3,4)5/h1,13H,9-10H2,2-7H3/t13-/m0/s1. The molecule has 3 heteroatoms. The molecular weight excluding hydrogens is 244 g/mol. The quantitative estimate of drug-likeness (QED) is 0.551. The highest BCUT2D eigenvalue weighted by molar-refractivity contribution is 7.99. The van der Waals surface area contributed by atoms with Gasteiger partial charge in [-0.3, -0.25) is 0 Å². The predicted molar refractivity (Wildman–Crippen MR) is 80.9 cm³/mol. The summed E-state index contributed by atoms with van der Waals surface area (Å²) in [5, 5.41) is 0.256. The molecule has 0 fully saturated rings. The fourth-order valence-corrected chi connectivity index (χ4v) is 4.12. The van der Waals surface area contributed by atoms with Gasteiger partial charge < -0.3 is 4.43 Å². The molecule has 0 aromatic carbocycles. The van der Waals surface area contributed by atoms with E-state index in [1.165, 1.54) is 5.57 Å². The van der Waals surface area contributed by atoms with Crippen LogP contribution in [-0.2, 0) is 4.43 Å². The minimum absolute atomic E-state index is 0.223. The molecule has 1 atom stereocenters. The van der Waals surface area contributed by atoms with Gasteiger partial charge in [0.1, 0.15) is 0 Å². The van der Waals surface area contributed by atoms with E-state index in [0.717, 1.165) is 17.1 Å². The lowest BCUT2D eigenvalue weighted by Gasteiger charge is -2.40. The molecule has 0 bridgehead atoms. The Morgan fingerprint density at radius 1 is 1.41 bits per heavy atom. The third-order valence-electron chi connectivity index (χ3n) is 3.89. The van der Waals surface area contributed by atoms with Crippen molar-refractivity contribution in [1.82, 2.24) is 0 Å². The van der Waals surface area contributed by atoms with Crippen LogP contribution in [0.15, 0.2) is 11.1 Å². The van der Waals surface area contributed by atoms with Crippen LogP contribution in [0.3, 0.4) is 0 Å². The molecule has 1 rings (SSSR count). The maximum Gasteiger partial charge on any atom is 0.192 e. The Hall–Kier alpha value is -0.173. The van der Waals surface area contributed by atoms with Crippen LogP contribution in [0.2, 0.25) is 18.1 Å². The molecule has 0 amide bonds. The minimum atomic E-state index is -1.69. The van der Waals surface area contributed by atoms with Crippen molar-refractivity contribution < 1.29 is 4.43 Å². The van der Waals surface area contributed by atoms with Gasteiger partial charge >= 0.3 is 0 Å². The molecule has 1 nitrogen and oxygen atoms in total. The van der Waals surface area contributed by atoms with Crippen LogP contribution in [0.1, 0.15) is 27.7 Å². The minimum Gasteiger partial charge on any atom is -0.409 e. The topological polar surface area (TPSA) is 9.23 Å². The molecule has 1 aliphatic rings. The fourth-order valence-electron chi connectivity index (χ4n) is 1.51. The summed E-state index contributed by atoms with van der Waals surface area (Å²) in [6.07, 6.45) is 5.76. The number of terminal acetylenes is 1. The smallest absolute Gasteiger partial charge is 0.192 e. The van der Waals surface area contributed by atoms with E-state index in [4.69, 9.17) is 10.8 Å². The van der Waals surface area contributed by atoms with Gasteiger partial charge in [-0.2, -0.15) is 11.8 Å². The molecule has 0 saturated heterocycles. The van der Waals surface area contributed by atoms with Gasteiger partial charge in [0.05, 0.1) is 6.10 Å². The average molecular weight is 268 g/mol. The van der Waals surface area contributed by atoms with Crippen molar-refractivity contribution in [2.24, 2.45) is 0 Å². The van der Waals surface area contributed by atoms with Crippen LogP contribution in [0, 0.1) is 12.3 Å². The van der Waals surface area contributed by atoms with Crippen molar-refractivity contribution in [2.75, 3.05) is 11.5 Å². The maximum atomic E-state index is 6.45. The van der Waals surface area contributed by atoms with Crippen molar-refractivity contribution in [2.45, 2.75) is 51.9 Å². The van der Waals surface area contributed by atoms with E-state index in [2.05, 4.69) is 46.7 Å². The van der Waals surface area contributed by atoms with Gasteiger partial charge in [0, 0.05) is 17.1 Å². The first kappa shape index (κ1) is 14.9. The highest BCUT2D eigenvalue weighted by Gasteiger charge is 2.40. The summed E-state index contributed by atoms with van der Waals surface area (Å²) in [6, 6.07) is 0. The molecule has 1 heterocycles. The molecule has 0 saturated carbocycles. The Bertz CT molecular complexity index is 357. The SMILES string of the molecule is C#CC1=C(C)[C@@H](O[Si](C)(C)C(C)(C)C)CSC1. The lowest BCUT2D eigenvalue weighted by atomic mass is 10.1.